The monoisotopic (exact) mass is 548 g/mol. The molecule has 170 valence electrons. The van der Waals surface area contributed by atoms with Gasteiger partial charge in [-0.05, 0) is 71.2 Å². The molecule has 0 bridgehead atoms. The van der Waals surface area contributed by atoms with Crippen LogP contribution in [0.4, 0.5) is 5.82 Å². The van der Waals surface area contributed by atoms with Crippen LogP contribution in [0.2, 0.25) is 5.02 Å². The summed E-state index contributed by atoms with van der Waals surface area (Å²) in [6.07, 6.45) is 9.34. The van der Waals surface area contributed by atoms with E-state index in [4.69, 9.17) is 16.6 Å². The number of rotatable bonds is 8. The van der Waals surface area contributed by atoms with Crippen molar-refractivity contribution < 1.29 is 0 Å². The Morgan fingerprint density at radius 1 is 1.27 bits per heavy atom. The molecule has 30 heavy (non-hydrogen) atoms. The lowest BCUT2D eigenvalue weighted by atomic mass is 10.0. The van der Waals surface area contributed by atoms with Crippen LogP contribution in [0.5, 0.6) is 0 Å². The topological polar surface area (TPSA) is 55.8 Å². The summed E-state index contributed by atoms with van der Waals surface area (Å²) < 4.78 is 0. The maximum Gasteiger partial charge on any atom is 0.191 e. The number of aliphatic imine (C=N–C) groups is 1. The number of anilines is 1. The third-order valence-electron chi connectivity index (χ3n) is 5.98. The highest BCUT2D eigenvalue weighted by molar-refractivity contribution is 14.0. The van der Waals surface area contributed by atoms with Crippen molar-refractivity contribution in [2.24, 2.45) is 4.99 Å². The van der Waals surface area contributed by atoms with Crippen LogP contribution in [0.1, 0.15) is 52.4 Å². The molecule has 0 radical (unpaired) electrons. The average molecular weight is 549 g/mol. The van der Waals surface area contributed by atoms with E-state index in [-0.39, 0.29) is 24.0 Å². The molecule has 0 aromatic carbocycles. The lowest BCUT2D eigenvalue weighted by molar-refractivity contribution is 0.158. The van der Waals surface area contributed by atoms with Crippen molar-refractivity contribution in [1.29, 1.82) is 0 Å². The van der Waals surface area contributed by atoms with Crippen molar-refractivity contribution in [3.63, 3.8) is 0 Å². The fourth-order valence-electron chi connectivity index (χ4n) is 4.30. The predicted octanol–water partition coefficient (Wildman–Crippen LogP) is 4.14. The summed E-state index contributed by atoms with van der Waals surface area (Å²) in [6.45, 7) is 10.6. The first-order valence-corrected chi connectivity index (χ1v) is 11.7. The van der Waals surface area contributed by atoms with Crippen molar-refractivity contribution in [3.05, 3.63) is 23.4 Å². The smallest absolute Gasteiger partial charge is 0.191 e. The molecule has 2 unspecified atom stereocenters. The molecule has 2 N–H and O–H groups in total. The number of hydrogen-bond acceptors (Lipinski definition) is 4. The molecule has 0 spiro atoms. The summed E-state index contributed by atoms with van der Waals surface area (Å²) >= 11 is 6.31. The molecule has 0 aliphatic carbocycles. The van der Waals surface area contributed by atoms with Gasteiger partial charge < -0.3 is 20.4 Å². The van der Waals surface area contributed by atoms with Crippen LogP contribution in [0.3, 0.4) is 0 Å². The summed E-state index contributed by atoms with van der Waals surface area (Å²) in [7, 11) is 0. The van der Waals surface area contributed by atoms with Crippen LogP contribution in [0, 0.1) is 0 Å². The largest absolute Gasteiger partial charge is 0.357 e. The first-order chi connectivity index (χ1) is 14.2. The van der Waals surface area contributed by atoms with E-state index >= 15 is 0 Å². The zero-order chi connectivity index (χ0) is 20.5. The first-order valence-electron chi connectivity index (χ1n) is 11.3. The Bertz CT molecular complexity index is 658. The summed E-state index contributed by atoms with van der Waals surface area (Å²) in [4.78, 5) is 14.1. The zero-order valence-corrected chi connectivity index (χ0v) is 21.5. The molecule has 1 aromatic heterocycles. The number of halogens is 2. The molecule has 2 aliphatic heterocycles. The van der Waals surface area contributed by atoms with E-state index in [1.807, 2.05) is 12.1 Å². The van der Waals surface area contributed by atoms with Crippen LogP contribution < -0.4 is 15.5 Å². The standard InChI is InChI=1S/C22H37ClN6.HI/c1-3-24-22(26-12-5-7-15-28-14-6-4-9-18(28)2)27-19-11-16-29(17-19)21-20(23)10-8-13-25-21;/h8,10,13,18-19H,3-7,9,11-12,14-17H2,1-2H3,(H2,24,26,27);1H. The molecule has 6 nitrogen and oxygen atoms in total. The maximum absolute atomic E-state index is 6.31. The van der Waals surface area contributed by atoms with Gasteiger partial charge in [-0.15, -0.1) is 24.0 Å². The zero-order valence-electron chi connectivity index (χ0n) is 18.4. The predicted molar refractivity (Wildman–Crippen MR) is 139 cm³/mol. The number of aromatic nitrogens is 1. The fraction of sp³-hybridized carbons (Fsp3) is 0.727. The summed E-state index contributed by atoms with van der Waals surface area (Å²) in [5.74, 6) is 1.81. The highest BCUT2D eigenvalue weighted by Gasteiger charge is 2.25. The van der Waals surface area contributed by atoms with Crippen LogP contribution in [0.25, 0.3) is 0 Å². The van der Waals surface area contributed by atoms with Crippen molar-refractivity contribution >= 4 is 47.4 Å². The second kappa shape index (κ2) is 13.6. The molecule has 2 fully saturated rings. The normalized spacial score (nSPS) is 22.6. The van der Waals surface area contributed by atoms with Gasteiger partial charge in [0.05, 0.1) is 5.02 Å². The van der Waals surface area contributed by atoms with Crippen LogP contribution in [0.15, 0.2) is 23.3 Å². The SMILES string of the molecule is CCNC(=NCCCCN1CCCCC1C)NC1CCN(c2ncccc2Cl)C1.I. The van der Waals surface area contributed by atoms with E-state index in [9.17, 15) is 0 Å². The molecule has 2 atom stereocenters. The molecule has 0 saturated carbocycles. The molecule has 0 amide bonds. The van der Waals surface area contributed by atoms with E-state index in [2.05, 4.69) is 39.3 Å². The minimum absolute atomic E-state index is 0. The van der Waals surface area contributed by atoms with Crippen LogP contribution >= 0.6 is 35.6 Å². The van der Waals surface area contributed by atoms with Gasteiger partial charge in [-0.25, -0.2) is 4.98 Å². The Labute approximate surface area is 204 Å². The van der Waals surface area contributed by atoms with Crippen molar-refractivity contribution in [1.82, 2.24) is 20.5 Å². The van der Waals surface area contributed by atoms with E-state index in [1.54, 1.807) is 6.20 Å². The minimum atomic E-state index is 0. The molecule has 3 heterocycles. The maximum atomic E-state index is 6.31. The van der Waals surface area contributed by atoms with Gasteiger partial charge in [-0.2, -0.15) is 0 Å². The van der Waals surface area contributed by atoms with Gasteiger partial charge in [0.25, 0.3) is 0 Å². The highest BCUT2D eigenvalue weighted by atomic mass is 127. The van der Waals surface area contributed by atoms with Crippen molar-refractivity contribution in [2.45, 2.75) is 64.5 Å². The van der Waals surface area contributed by atoms with E-state index in [0.717, 1.165) is 61.9 Å². The van der Waals surface area contributed by atoms with Crippen LogP contribution in [-0.4, -0.2) is 67.2 Å². The van der Waals surface area contributed by atoms with Gasteiger partial charge in [0.1, 0.15) is 5.82 Å². The number of guanidine groups is 1. The number of hydrogen-bond donors (Lipinski definition) is 2. The second-order valence-corrected chi connectivity index (χ2v) is 8.64. The summed E-state index contributed by atoms with van der Waals surface area (Å²) in [5.41, 5.74) is 0. The van der Waals surface area contributed by atoms with E-state index in [1.165, 1.54) is 38.8 Å². The van der Waals surface area contributed by atoms with Gasteiger partial charge in [0.2, 0.25) is 0 Å². The number of unbranched alkanes of at least 4 members (excludes halogenated alkanes) is 1. The average Bonchev–Trinajstić information content (AvgIpc) is 3.17. The molecule has 1 aromatic rings. The highest BCUT2D eigenvalue weighted by Crippen LogP contribution is 2.25. The minimum Gasteiger partial charge on any atom is -0.357 e. The second-order valence-electron chi connectivity index (χ2n) is 8.23. The Morgan fingerprint density at radius 2 is 2.13 bits per heavy atom. The number of nitrogens with zero attached hydrogens (tertiary/aromatic N) is 4. The number of piperidine rings is 1. The van der Waals surface area contributed by atoms with Gasteiger partial charge in [-0.3, -0.25) is 4.99 Å². The number of nitrogens with one attached hydrogen (secondary N) is 2. The number of likely N-dealkylation sites (tertiary alicyclic amines) is 1. The Hall–Kier alpha value is -0.800. The molecule has 2 saturated heterocycles. The van der Waals surface area contributed by atoms with Gasteiger partial charge in [0, 0.05) is 44.5 Å². The fourth-order valence-corrected chi connectivity index (χ4v) is 4.54. The third-order valence-corrected chi connectivity index (χ3v) is 6.27. The van der Waals surface area contributed by atoms with Gasteiger partial charge in [-0.1, -0.05) is 18.0 Å². The van der Waals surface area contributed by atoms with Gasteiger partial charge in [0.15, 0.2) is 5.96 Å². The lowest BCUT2D eigenvalue weighted by Gasteiger charge is -2.33. The Morgan fingerprint density at radius 3 is 2.90 bits per heavy atom. The molecular formula is C22H38ClIN6. The first kappa shape index (κ1) is 25.5. The molecule has 8 heteroatoms. The summed E-state index contributed by atoms with van der Waals surface area (Å²) in [5, 5.41) is 7.71. The van der Waals surface area contributed by atoms with E-state index < -0.39 is 0 Å². The Kier molecular flexibility index (Phi) is 11.5. The Balaban J connectivity index is 0.00000320. The number of pyridine rings is 1. The molecular weight excluding hydrogens is 511 g/mol. The summed E-state index contributed by atoms with van der Waals surface area (Å²) in [6, 6.07) is 4.89. The molecule has 2 aliphatic rings. The van der Waals surface area contributed by atoms with Crippen LogP contribution in [-0.2, 0) is 0 Å². The molecule has 3 rings (SSSR count). The van der Waals surface area contributed by atoms with Crippen molar-refractivity contribution in [3.8, 4) is 0 Å². The quantitative estimate of drug-likeness (QED) is 0.221. The van der Waals surface area contributed by atoms with Gasteiger partial charge >= 0.3 is 0 Å². The lowest BCUT2D eigenvalue weighted by Crippen LogP contribution is -2.44. The van der Waals surface area contributed by atoms with E-state index in [0.29, 0.717) is 6.04 Å². The third kappa shape index (κ3) is 7.71. The van der Waals surface area contributed by atoms with Crippen molar-refractivity contribution in [2.75, 3.05) is 44.2 Å².